The first kappa shape index (κ1) is 17.4. The molecule has 1 rings (SSSR count). The van der Waals surface area contributed by atoms with Crippen molar-refractivity contribution in [3.05, 3.63) is 28.3 Å². The van der Waals surface area contributed by atoms with E-state index in [-0.39, 0.29) is 10.6 Å². The topological polar surface area (TPSA) is 92.5 Å². The summed E-state index contributed by atoms with van der Waals surface area (Å²) in [7, 11) is -2.27. The molecule has 0 unspecified atom stereocenters. The maximum atomic E-state index is 12.6. The van der Waals surface area contributed by atoms with Crippen LogP contribution in [0.15, 0.2) is 23.1 Å². The first-order valence-corrected chi connectivity index (χ1v) is 8.27. The molecule has 1 aromatic rings. The molecule has 21 heavy (non-hydrogen) atoms. The van der Waals surface area contributed by atoms with Crippen LogP contribution in [0.25, 0.3) is 0 Å². The third kappa shape index (κ3) is 4.15. The molecular formula is C13H21N3O4S. The summed E-state index contributed by atoms with van der Waals surface area (Å²) < 4.78 is 26.4. The smallest absolute Gasteiger partial charge is 0.270 e. The molecule has 7 nitrogen and oxygen atoms in total. The predicted octanol–water partition coefficient (Wildman–Crippen LogP) is 2.45. The fraction of sp³-hybridized carbons (Fsp3) is 0.538. The highest BCUT2D eigenvalue weighted by Gasteiger charge is 2.26. The summed E-state index contributed by atoms with van der Waals surface area (Å²) in [6.45, 7) is 4.71. The summed E-state index contributed by atoms with van der Waals surface area (Å²) in [5.41, 5.74) is 0.144. The van der Waals surface area contributed by atoms with E-state index in [0.29, 0.717) is 18.8 Å². The van der Waals surface area contributed by atoms with E-state index in [1.807, 2.05) is 13.8 Å². The Kier molecular flexibility index (Phi) is 6.10. The van der Waals surface area contributed by atoms with Gasteiger partial charge in [0.15, 0.2) is 0 Å². The lowest BCUT2D eigenvalue weighted by Crippen LogP contribution is -2.28. The van der Waals surface area contributed by atoms with Gasteiger partial charge in [-0.3, -0.25) is 10.1 Å². The van der Waals surface area contributed by atoms with Gasteiger partial charge in [-0.15, -0.1) is 0 Å². The van der Waals surface area contributed by atoms with Crippen molar-refractivity contribution < 1.29 is 13.3 Å². The van der Waals surface area contributed by atoms with Gasteiger partial charge in [-0.2, -0.15) is 0 Å². The van der Waals surface area contributed by atoms with E-state index in [0.717, 1.165) is 18.9 Å². The van der Waals surface area contributed by atoms with Crippen LogP contribution >= 0.6 is 0 Å². The van der Waals surface area contributed by atoms with E-state index >= 15 is 0 Å². The van der Waals surface area contributed by atoms with Gasteiger partial charge in [-0.1, -0.05) is 13.3 Å². The van der Waals surface area contributed by atoms with E-state index in [1.54, 1.807) is 0 Å². The maximum Gasteiger partial charge on any atom is 0.270 e. The van der Waals surface area contributed by atoms with E-state index < -0.39 is 14.9 Å². The zero-order valence-electron chi connectivity index (χ0n) is 12.5. The number of sulfonamides is 1. The fourth-order valence-corrected chi connectivity index (χ4v) is 3.24. The zero-order valence-corrected chi connectivity index (χ0v) is 13.3. The van der Waals surface area contributed by atoms with Crippen molar-refractivity contribution in [2.45, 2.75) is 31.6 Å². The molecule has 0 spiro atoms. The molecule has 0 atom stereocenters. The number of hydrogen-bond acceptors (Lipinski definition) is 5. The van der Waals surface area contributed by atoms with Crippen molar-refractivity contribution in [3.8, 4) is 0 Å². The number of nitro benzene ring substituents is 1. The number of nitrogens with one attached hydrogen (secondary N) is 1. The molecule has 0 aliphatic heterocycles. The van der Waals surface area contributed by atoms with Crippen molar-refractivity contribution in [2.75, 3.05) is 25.5 Å². The predicted molar refractivity (Wildman–Crippen MR) is 82.0 cm³/mol. The van der Waals surface area contributed by atoms with E-state index in [2.05, 4.69) is 5.32 Å². The number of benzene rings is 1. The van der Waals surface area contributed by atoms with Crippen molar-refractivity contribution in [3.63, 3.8) is 0 Å². The summed E-state index contributed by atoms with van der Waals surface area (Å²) >= 11 is 0. The van der Waals surface area contributed by atoms with Crippen molar-refractivity contribution in [1.82, 2.24) is 4.31 Å². The van der Waals surface area contributed by atoms with Gasteiger partial charge in [0.25, 0.3) is 5.69 Å². The lowest BCUT2D eigenvalue weighted by atomic mass is 10.3. The second-order valence-electron chi connectivity index (χ2n) is 4.65. The van der Waals surface area contributed by atoms with Crippen molar-refractivity contribution in [1.29, 1.82) is 0 Å². The lowest BCUT2D eigenvalue weighted by Gasteiger charge is -2.19. The SMILES string of the molecule is CCCCN(C)S(=O)(=O)c1cc([N+](=O)[O-])ccc1NCC. The van der Waals surface area contributed by atoms with Crippen LogP contribution in [0.4, 0.5) is 11.4 Å². The maximum absolute atomic E-state index is 12.6. The molecule has 0 radical (unpaired) electrons. The minimum atomic E-state index is -3.75. The van der Waals surface area contributed by atoms with Gasteiger partial charge in [0.05, 0.1) is 10.6 Å². The molecule has 8 heteroatoms. The number of rotatable bonds is 8. The number of nitro groups is 1. The Morgan fingerprint density at radius 2 is 2.00 bits per heavy atom. The third-order valence-electron chi connectivity index (χ3n) is 3.06. The van der Waals surface area contributed by atoms with Gasteiger partial charge in [-0.25, -0.2) is 12.7 Å². The molecule has 0 bridgehead atoms. The summed E-state index contributed by atoms with van der Waals surface area (Å²) in [4.78, 5) is 10.2. The van der Waals surface area contributed by atoms with Crippen molar-refractivity contribution in [2.24, 2.45) is 0 Å². The lowest BCUT2D eigenvalue weighted by molar-refractivity contribution is -0.385. The van der Waals surface area contributed by atoms with Crippen LogP contribution in [-0.4, -0.2) is 37.8 Å². The van der Waals surface area contributed by atoms with Gasteiger partial charge < -0.3 is 5.32 Å². The van der Waals surface area contributed by atoms with Crippen LogP contribution in [0.2, 0.25) is 0 Å². The number of anilines is 1. The molecule has 0 fully saturated rings. The molecule has 1 aromatic carbocycles. The molecule has 1 N–H and O–H groups in total. The van der Waals surface area contributed by atoms with Crippen LogP contribution in [-0.2, 0) is 10.0 Å². The minimum Gasteiger partial charge on any atom is -0.384 e. The largest absolute Gasteiger partial charge is 0.384 e. The summed E-state index contributed by atoms with van der Waals surface area (Å²) in [5.74, 6) is 0. The van der Waals surface area contributed by atoms with Crippen LogP contribution < -0.4 is 5.32 Å². The average molecular weight is 315 g/mol. The Morgan fingerprint density at radius 3 is 2.52 bits per heavy atom. The highest BCUT2D eigenvalue weighted by Crippen LogP contribution is 2.28. The Balaban J connectivity index is 3.29. The highest BCUT2D eigenvalue weighted by molar-refractivity contribution is 7.89. The standard InChI is InChI=1S/C13H21N3O4S/c1-4-6-9-15(3)21(19,20)13-10-11(16(17)18)7-8-12(13)14-5-2/h7-8,10,14H,4-6,9H2,1-3H3. The van der Waals surface area contributed by atoms with Crippen LogP contribution in [0.5, 0.6) is 0 Å². The quantitative estimate of drug-likeness (QED) is 0.587. The zero-order chi connectivity index (χ0) is 16.0. The van der Waals surface area contributed by atoms with Crippen LogP contribution in [0, 0.1) is 10.1 Å². The van der Waals surface area contributed by atoms with Crippen molar-refractivity contribution >= 4 is 21.4 Å². The number of unbranched alkanes of at least 4 members (excludes halogenated alkanes) is 1. The first-order chi connectivity index (χ1) is 9.84. The molecular weight excluding hydrogens is 294 g/mol. The normalized spacial score (nSPS) is 11.6. The highest BCUT2D eigenvalue weighted by atomic mass is 32.2. The Hall–Kier alpha value is -1.67. The molecule has 0 amide bonds. The molecule has 0 aliphatic carbocycles. The Morgan fingerprint density at radius 1 is 1.33 bits per heavy atom. The Bertz CT molecular complexity index is 601. The average Bonchev–Trinajstić information content (AvgIpc) is 2.44. The monoisotopic (exact) mass is 315 g/mol. The van der Waals surface area contributed by atoms with Crippen LogP contribution in [0.1, 0.15) is 26.7 Å². The van der Waals surface area contributed by atoms with Gasteiger partial charge >= 0.3 is 0 Å². The Labute approximate surface area is 125 Å². The van der Waals surface area contributed by atoms with Gasteiger partial charge in [0.1, 0.15) is 4.90 Å². The molecule has 0 saturated carbocycles. The molecule has 0 aliphatic rings. The fourth-order valence-electron chi connectivity index (χ4n) is 1.84. The van der Waals surface area contributed by atoms with E-state index in [4.69, 9.17) is 0 Å². The third-order valence-corrected chi connectivity index (χ3v) is 4.95. The molecule has 0 saturated heterocycles. The number of nitrogens with zero attached hydrogens (tertiary/aromatic N) is 2. The summed E-state index contributed by atoms with van der Waals surface area (Å²) in [6, 6.07) is 3.83. The second-order valence-corrected chi connectivity index (χ2v) is 6.66. The van der Waals surface area contributed by atoms with Gasteiger partial charge in [0.2, 0.25) is 10.0 Å². The first-order valence-electron chi connectivity index (χ1n) is 6.83. The number of non-ortho nitro benzene ring substituents is 1. The molecule has 0 heterocycles. The summed E-state index contributed by atoms with van der Waals surface area (Å²) in [5, 5.41) is 13.8. The van der Waals surface area contributed by atoms with E-state index in [9.17, 15) is 18.5 Å². The molecule has 0 aromatic heterocycles. The summed E-state index contributed by atoms with van der Waals surface area (Å²) in [6.07, 6.45) is 1.61. The van der Waals surface area contributed by atoms with Crippen LogP contribution in [0.3, 0.4) is 0 Å². The van der Waals surface area contributed by atoms with E-state index in [1.165, 1.54) is 23.5 Å². The molecule has 118 valence electrons. The van der Waals surface area contributed by atoms with Gasteiger partial charge in [0, 0.05) is 32.3 Å². The minimum absolute atomic E-state index is 0.0582. The number of hydrogen-bond donors (Lipinski definition) is 1. The second kappa shape index (κ2) is 7.37. The van der Waals surface area contributed by atoms with Gasteiger partial charge in [-0.05, 0) is 19.4 Å².